The molecule has 0 saturated heterocycles. The fourth-order valence-electron chi connectivity index (χ4n) is 14.9. The van der Waals surface area contributed by atoms with Crippen LogP contribution in [-0.2, 0) is 4.57 Å². The SMILES string of the molecule is Cc1cccc(N(c2ccc3ccc4c(N(c5cccc(C)c5)c5cccc6c5oc5ccccc56)ccc5ccc2c3c54)c2cccc3c2oc2ccccc23)c1.O=P(c1ccccc1)(c1ccccc1)c1ccc(-c2ccc3ccc4cccc5ccc2c3c45)cc1. The van der Waals surface area contributed by atoms with Gasteiger partial charge < -0.3 is 23.2 Å². The maximum atomic E-state index is 14.7. The molecule has 2 heterocycles. The van der Waals surface area contributed by atoms with Crippen molar-refractivity contribution in [3.05, 3.63) is 333 Å². The first-order valence-corrected chi connectivity index (χ1v) is 33.8. The molecule has 0 saturated carbocycles. The molecule has 6 heteroatoms. The summed E-state index contributed by atoms with van der Waals surface area (Å²) < 4.78 is 28.1. The quantitative estimate of drug-likeness (QED) is 0.101. The van der Waals surface area contributed by atoms with E-state index in [-0.39, 0.29) is 0 Å². The molecular formula is C88H59N2O3P. The summed E-state index contributed by atoms with van der Waals surface area (Å²) in [6.45, 7) is 4.31. The van der Waals surface area contributed by atoms with Crippen molar-refractivity contribution in [2.45, 2.75) is 13.8 Å². The van der Waals surface area contributed by atoms with Gasteiger partial charge in [-0.25, -0.2) is 0 Å². The zero-order valence-corrected chi connectivity index (χ0v) is 52.6. The minimum atomic E-state index is -2.98. The molecule has 0 N–H and O–H groups in total. The lowest BCUT2D eigenvalue weighted by molar-refractivity contribution is 0.592. The van der Waals surface area contributed by atoms with Gasteiger partial charge in [0.15, 0.2) is 18.3 Å². The Morgan fingerprint density at radius 2 is 0.660 bits per heavy atom. The molecule has 0 spiro atoms. The molecule has 17 aromatic carbocycles. The molecule has 2 aromatic heterocycles. The Hall–Kier alpha value is -11.8. The van der Waals surface area contributed by atoms with E-state index in [1.54, 1.807) is 0 Å². The summed E-state index contributed by atoms with van der Waals surface area (Å²) >= 11 is 0. The highest BCUT2D eigenvalue weighted by atomic mass is 31.2. The lowest BCUT2D eigenvalue weighted by atomic mass is 9.90. The van der Waals surface area contributed by atoms with Gasteiger partial charge in [0.25, 0.3) is 0 Å². The number of rotatable bonds is 10. The number of nitrogens with zero attached hydrogens (tertiary/aromatic N) is 2. The lowest BCUT2D eigenvalue weighted by Crippen LogP contribution is -2.24. The molecule has 444 valence electrons. The molecule has 0 amide bonds. The number of anilines is 6. The van der Waals surface area contributed by atoms with Gasteiger partial charge in [-0.3, -0.25) is 0 Å². The summed E-state index contributed by atoms with van der Waals surface area (Å²) in [6.07, 6.45) is 0. The van der Waals surface area contributed by atoms with Crippen LogP contribution in [0.1, 0.15) is 11.1 Å². The van der Waals surface area contributed by atoms with Crippen molar-refractivity contribution in [2.75, 3.05) is 9.80 Å². The van der Waals surface area contributed by atoms with E-state index in [2.05, 4.69) is 260 Å². The predicted molar refractivity (Wildman–Crippen MR) is 399 cm³/mol. The third-order valence-electron chi connectivity index (χ3n) is 19.2. The Balaban J connectivity index is 0.000000154. The van der Waals surface area contributed by atoms with E-state index < -0.39 is 7.14 Å². The average Bonchev–Trinajstić information content (AvgIpc) is 0.793. The van der Waals surface area contributed by atoms with E-state index in [1.165, 1.54) is 81.3 Å². The van der Waals surface area contributed by atoms with Crippen molar-refractivity contribution in [3.63, 3.8) is 0 Å². The van der Waals surface area contributed by atoms with E-state index in [0.29, 0.717) is 0 Å². The smallest absolute Gasteiger partial charge is 0.171 e. The second kappa shape index (κ2) is 22.0. The van der Waals surface area contributed by atoms with Crippen molar-refractivity contribution >= 4 is 166 Å². The first-order chi connectivity index (χ1) is 46.3. The summed E-state index contributed by atoms with van der Waals surface area (Å²) in [5, 5.41) is 21.9. The van der Waals surface area contributed by atoms with Crippen LogP contribution in [0.3, 0.4) is 0 Å². The summed E-state index contributed by atoms with van der Waals surface area (Å²) in [4.78, 5) is 4.76. The van der Waals surface area contributed by atoms with Gasteiger partial charge in [0.05, 0.1) is 22.7 Å². The lowest BCUT2D eigenvalue weighted by Gasteiger charge is -2.29. The average molecular weight is 1220 g/mol. The maximum Gasteiger partial charge on any atom is 0.171 e. The fraction of sp³-hybridized carbons (Fsp3) is 0.0227. The van der Waals surface area contributed by atoms with Crippen molar-refractivity contribution in [1.82, 2.24) is 0 Å². The molecule has 0 atom stereocenters. The summed E-state index contributed by atoms with van der Waals surface area (Å²) in [5.41, 5.74) is 14.5. The zero-order valence-electron chi connectivity index (χ0n) is 51.7. The second-order valence-corrected chi connectivity index (χ2v) is 27.5. The molecule has 0 aliphatic heterocycles. The Morgan fingerprint density at radius 1 is 0.277 bits per heavy atom. The van der Waals surface area contributed by atoms with Crippen molar-refractivity contribution in [3.8, 4) is 11.1 Å². The summed E-state index contributed by atoms with van der Waals surface area (Å²) in [5.74, 6) is 0. The highest BCUT2D eigenvalue weighted by Gasteiger charge is 2.30. The first kappa shape index (κ1) is 55.1. The van der Waals surface area contributed by atoms with Crippen LogP contribution in [0.5, 0.6) is 0 Å². The Bertz CT molecular complexity index is 5890. The minimum absolute atomic E-state index is 0.848. The van der Waals surface area contributed by atoms with Gasteiger partial charge in [-0.15, -0.1) is 0 Å². The number of hydrogen-bond donors (Lipinski definition) is 0. The van der Waals surface area contributed by atoms with Crippen molar-refractivity contribution < 1.29 is 13.4 Å². The first-order valence-electron chi connectivity index (χ1n) is 32.1. The van der Waals surface area contributed by atoms with Crippen molar-refractivity contribution in [2.24, 2.45) is 0 Å². The van der Waals surface area contributed by atoms with Gasteiger partial charge in [0, 0.05) is 59.6 Å². The predicted octanol–water partition coefficient (Wildman–Crippen LogP) is 23.8. The number of hydrogen-bond acceptors (Lipinski definition) is 5. The number of aryl methyl sites for hydroxylation is 2. The van der Waals surface area contributed by atoms with Gasteiger partial charge in [-0.1, -0.05) is 261 Å². The minimum Gasteiger partial charge on any atom is -0.454 e. The number of benzene rings is 17. The fourth-order valence-corrected chi connectivity index (χ4v) is 17.5. The topological polar surface area (TPSA) is 49.8 Å². The highest BCUT2D eigenvalue weighted by molar-refractivity contribution is 7.85. The summed E-state index contributed by atoms with van der Waals surface area (Å²) in [7, 11) is -2.98. The molecule has 5 nitrogen and oxygen atoms in total. The third kappa shape index (κ3) is 8.81. The molecule has 0 radical (unpaired) electrons. The van der Waals surface area contributed by atoms with Gasteiger partial charge in [-0.2, -0.15) is 0 Å². The number of furan rings is 2. The molecule has 19 rings (SSSR count). The van der Waals surface area contributed by atoms with Gasteiger partial charge in [0.1, 0.15) is 11.2 Å². The maximum absolute atomic E-state index is 14.7. The second-order valence-electron chi connectivity index (χ2n) is 24.7. The van der Waals surface area contributed by atoms with Crippen LogP contribution in [0.25, 0.3) is 120 Å². The van der Waals surface area contributed by atoms with E-state index in [4.69, 9.17) is 8.83 Å². The molecule has 0 fully saturated rings. The Labute approximate surface area is 543 Å². The molecule has 0 bridgehead atoms. The van der Waals surface area contributed by atoms with Crippen LogP contribution in [0, 0.1) is 13.8 Å². The van der Waals surface area contributed by atoms with E-state index >= 15 is 0 Å². The molecule has 0 unspecified atom stereocenters. The zero-order chi connectivity index (χ0) is 62.6. The van der Waals surface area contributed by atoms with E-state index in [1.807, 2.05) is 84.9 Å². The monoisotopic (exact) mass is 1220 g/mol. The van der Waals surface area contributed by atoms with Crippen LogP contribution in [0.2, 0.25) is 0 Å². The van der Waals surface area contributed by atoms with Gasteiger partial charge in [-0.05, 0) is 151 Å². The highest BCUT2D eigenvalue weighted by Crippen LogP contribution is 2.51. The molecular weight excluding hydrogens is 1160 g/mol. The standard InChI is InChI=1S/C54H36N2O2.C34H23OP/c1-33-11-7-13-37(31-33)55(47-19-9-17-41-39-15-3-5-21-49(39)57-53(41)47)45-29-25-35-24-28-44-46(30-26-36-23-27-43(45)51(35)52(36)44)56(38-14-8-12-34(2)32-38)48-20-10-18-42-40-16-4-6-22-50(40)58-54(42)48;35-36(28-10-3-1-4-11-28,29-12-5-2-6-13-29)30-20-16-24(17-21-30)31-22-18-27-15-14-25-8-7-9-26-19-23-32(31)34(27)33(25)26/h3-32H,1-2H3;1-23H. The Morgan fingerprint density at radius 3 is 1.16 bits per heavy atom. The normalized spacial score (nSPS) is 12.0. The van der Waals surface area contributed by atoms with Crippen LogP contribution in [0.4, 0.5) is 34.1 Å². The van der Waals surface area contributed by atoms with E-state index in [9.17, 15) is 4.57 Å². The van der Waals surface area contributed by atoms with Gasteiger partial charge >= 0.3 is 0 Å². The number of para-hydroxylation sites is 4. The van der Waals surface area contributed by atoms with E-state index in [0.717, 1.165) is 99.5 Å². The molecule has 0 aliphatic rings. The van der Waals surface area contributed by atoms with Crippen LogP contribution >= 0.6 is 7.14 Å². The van der Waals surface area contributed by atoms with Crippen LogP contribution in [-0.4, -0.2) is 0 Å². The van der Waals surface area contributed by atoms with Crippen molar-refractivity contribution in [1.29, 1.82) is 0 Å². The molecule has 0 aliphatic carbocycles. The largest absolute Gasteiger partial charge is 0.454 e. The summed E-state index contributed by atoms with van der Waals surface area (Å²) in [6, 6.07) is 113. The molecule has 19 aromatic rings. The van der Waals surface area contributed by atoms with Crippen LogP contribution < -0.4 is 25.7 Å². The Kier molecular flexibility index (Phi) is 12.9. The third-order valence-corrected chi connectivity index (χ3v) is 22.3. The number of fused-ring (bicyclic) bond motifs is 6. The van der Waals surface area contributed by atoms with Crippen LogP contribution in [0.15, 0.2) is 330 Å². The molecule has 94 heavy (non-hydrogen) atoms. The van der Waals surface area contributed by atoms with Gasteiger partial charge in [0.2, 0.25) is 0 Å².